The molecule has 19 heavy (non-hydrogen) atoms. The number of rotatable bonds is 12. The number of thioether (sulfide) groups is 1. The lowest BCUT2D eigenvalue weighted by Gasteiger charge is -2.11. The zero-order valence-corrected chi connectivity index (χ0v) is 11.8. The van der Waals surface area contributed by atoms with Gasteiger partial charge in [0.1, 0.15) is 0 Å². The average Bonchev–Trinajstić information content (AvgIpc) is 2.38. The Morgan fingerprint density at radius 3 is 2.84 bits per heavy atom. The quantitative estimate of drug-likeness (QED) is 0.291. The Kier molecular flexibility index (Phi) is 11.3. The summed E-state index contributed by atoms with van der Waals surface area (Å²) in [6.45, 7) is 1.09. The summed E-state index contributed by atoms with van der Waals surface area (Å²) in [5.74, 6) is 0.663. The molecule has 3 N–H and O–H groups in total. The molecule has 0 aliphatic carbocycles. The van der Waals surface area contributed by atoms with E-state index in [4.69, 9.17) is 10.5 Å². The van der Waals surface area contributed by atoms with Crippen molar-refractivity contribution in [3.8, 4) is 0 Å². The molecule has 0 heterocycles. The average molecular weight is 295 g/mol. The van der Waals surface area contributed by atoms with Crippen molar-refractivity contribution in [2.45, 2.75) is 18.9 Å². The number of hydrogen-bond donors (Lipinski definition) is 2. The van der Waals surface area contributed by atoms with E-state index in [-0.39, 0.29) is 12.5 Å². The van der Waals surface area contributed by atoms with Crippen molar-refractivity contribution in [3.63, 3.8) is 0 Å². The van der Waals surface area contributed by atoms with Gasteiger partial charge in [-0.15, -0.1) is 10.1 Å². The van der Waals surface area contributed by atoms with E-state index in [9.17, 15) is 14.9 Å². The van der Waals surface area contributed by atoms with E-state index in [0.29, 0.717) is 32.6 Å². The predicted molar refractivity (Wildman–Crippen MR) is 72.4 cm³/mol. The number of hydrogen-bond acceptors (Lipinski definition) is 7. The van der Waals surface area contributed by atoms with Gasteiger partial charge < -0.3 is 20.6 Å². The second kappa shape index (κ2) is 12.0. The van der Waals surface area contributed by atoms with Gasteiger partial charge in [0.2, 0.25) is 5.91 Å². The van der Waals surface area contributed by atoms with E-state index in [1.807, 2.05) is 6.26 Å². The summed E-state index contributed by atoms with van der Waals surface area (Å²) < 4.78 is 5.16. The molecule has 0 saturated carbocycles. The van der Waals surface area contributed by atoms with Gasteiger partial charge >= 0.3 is 0 Å². The Hall–Kier alpha value is -1.06. The summed E-state index contributed by atoms with van der Waals surface area (Å²) >= 11 is 1.64. The minimum absolute atomic E-state index is 0.0128. The second-order valence-corrected chi connectivity index (χ2v) is 4.69. The minimum Gasteiger partial charge on any atom is -0.380 e. The molecule has 8 nitrogen and oxygen atoms in total. The first-order valence-corrected chi connectivity index (χ1v) is 7.34. The Bertz CT molecular complexity index is 268. The van der Waals surface area contributed by atoms with E-state index in [1.54, 1.807) is 11.8 Å². The summed E-state index contributed by atoms with van der Waals surface area (Å²) in [4.78, 5) is 25.4. The highest BCUT2D eigenvalue weighted by Gasteiger charge is 2.11. The molecule has 0 fully saturated rings. The lowest BCUT2D eigenvalue weighted by molar-refractivity contribution is -0.757. The van der Waals surface area contributed by atoms with E-state index < -0.39 is 11.1 Å². The Morgan fingerprint density at radius 1 is 1.47 bits per heavy atom. The van der Waals surface area contributed by atoms with Crippen LogP contribution in [0.1, 0.15) is 12.8 Å². The van der Waals surface area contributed by atoms with Crippen LogP contribution < -0.4 is 11.1 Å². The summed E-state index contributed by atoms with van der Waals surface area (Å²) in [7, 11) is 0. The Morgan fingerprint density at radius 2 is 2.21 bits per heavy atom. The third-order valence-electron chi connectivity index (χ3n) is 2.15. The molecule has 1 amide bonds. The molecular formula is C10H21N3O5S. The molecule has 0 saturated heterocycles. The third-order valence-corrected chi connectivity index (χ3v) is 2.79. The van der Waals surface area contributed by atoms with Gasteiger partial charge in [-0.2, -0.15) is 11.8 Å². The summed E-state index contributed by atoms with van der Waals surface area (Å²) in [5, 5.41) is 11.7. The first-order chi connectivity index (χ1) is 9.07. The van der Waals surface area contributed by atoms with Gasteiger partial charge in [-0.1, -0.05) is 0 Å². The summed E-state index contributed by atoms with van der Waals surface area (Å²) in [6.07, 6.45) is 3.04. The molecular weight excluding hydrogens is 274 g/mol. The SMILES string of the molecule is CSCCC(N)C(=O)NCCOCCCO[N+](=O)[O-]. The van der Waals surface area contributed by atoms with Crippen molar-refractivity contribution in [1.29, 1.82) is 0 Å². The molecule has 1 unspecified atom stereocenters. The molecule has 0 aromatic rings. The molecule has 0 rings (SSSR count). The topological polar surface area (TPSA) is 117 Å². The number of ether oxygens (including phenoxy) is 1. The lowest BCUT2D eigenvalue weighted by Crippen LogP contribution is -2.42. The van der Waals surface area contributed by atoms with Crippen molar-refractivity contribution in [3.05, 3.63) is 10.1 Å². The van der Waals surface area contributed by atoms with Gasteiger partial charge in [-0.25, -0.2) is 0 Å². The maximum atomic E-state index is 11.5. The second-order valence-electron chi connectivity index (χ2n) is 3.70. The van der Waals surface area contributed by atoms with Crippen LogP contribution in [0, 0.1) is 10.1 Å². The van der Waals surface area contributed by atoms with Crippen LogP contribution in [0.3, 0.4) is 0 Å². The largest absolute Gasteiger partial charge is 0.380 e. The molecule has 0 spiro atoms. The standard InChI is InChI=1S/C10H21N3O5S/c1-19-8-3-9(11)10(14)12-4-7-17-5-2-6-18-13(15)16/h9H,2-8,11H2,1H3,(H,12,14). The predicted octanol–water partition coefficient (Wildman–Crippen LogP) is -0.202. The number of nitrogens with zero attached hydrogens (tertiary/aromatic N) is 1. The normalized spacial score (nSPS) is 11.9. The molecule has 0 aromatic heterocycles. The highest BCUT2D eigenvalue weighted by atomic mass is 32.2. The van der Waals surface area contributed by atoms with Crippen LogP contribution in [0.5, 0.6) is 0 Å². The fraction of sp³-hybridized carbons (Fsp3) is 0.900. The number of carbonyl (C=O) groups excluding carboxylic acids is 1. The maximum Gasteiger partial charge on any atom is 0.294 e. The Labute approximate surface area is 116 Å². The van der Waals surface area contributed by atoms with E-state index >= 15 is 0 Å². The van der Waals surface area contributed by atoms with Crippen LogP contribution in [0.2, 0.25) is 0 Å². The van der Waals surface area contributed by atoms with Gasteiger partial charge in [0.05, 0.1) is 19.3 Å². The van der Waals surface area contributed by atoms with Gasteiger partial charge in [-0.05, 0) is 24.9 Å². The molecule has 0 aromatic carbocycles. The van der Waals surface area contributed by atoms with Crippen LogP contribution in [0.15, 0.2) is 0 Å². The molecule has 0 aliphatic heterocycles. The van der Waals surface area contributed by atoms with Crippen molar-refractivity contribution < 1.29 is 19.5 Å². The van der Waals surface area contributed by atoms with Crippen LogP contribution >= 0.6 is 11.8 Å². The number of amides is 1. The molecule has 0 bridgehead atoms. The van der Waals surface area contributed by atoms with Gasteiger partial charge in [0.25, 0.3) is 5.09 Å². The monoisotopic (exact) mass is 295 g/mol. The van der Waals surface area contributed by atoms with Crippen LogP contribution in [-0.2, 0) is 14.4 Å². The zero-order valence-electron chi connectivity index (χ0n) is 11.0. The smallest absolute Gasteiger partial charge is 0.294 e. The zero-order chi connectivity index (χ0) is 14.5. The lowest BCUT2D eigenvalue weighted by atomic mass is 10.2. The van der Waals surface area contributed by atoms with Crippen molar-refractivity contribution >= 4 is 17.7 Å². The summed E-state index contributed by atoms with van der Waals surface area (Å²) in [6, 6.07) is -0.485. The van der Waals surface area contributed by atoms with Crippen LogP contribution in [0.4, 0.5) is 0 Å². The minimum atomic E-state index is -0.837. The fourth-order valence-corrected chi connectivity index (χ4v) is 1.65. The third kappa shape index (κ3) is 11.7. The molecule has 0 radical (unpaired) electrons. The molecule has 1 atom stereocenters. The molecule has 0 aliphatic rings. The van der Waals surface area contributed by atoms with Gasteiger partial charge in [0.15, 0.2) is 0 Å². The van der Waals surface area contributed by atoms with E-state index in [2.05, 4.69) is 10.2 Å². The summed E-state index contributed by atoms with van der Waals surface area (Å²) in [5.41, 5.74) is 5.67. The van der Waals surface area contributed by atoms with Crippen molar-refractivity contribution in [1.82, 2.24) is 5.32 Å². The van der Waals surface area contributed by atoms with Crippen LogP contribution in [0.25, 0.3) is 0 Å². The van der Waals surface area contributed by atoms with E-state index in [1.165, 1.54) is 0 Å². The number of nitrogens with two attached hydrogens (primary N) is 1. The maximum absolute atomic E-state index is 11.5. The highest BCUT2D eigenvalue weighted by Crippen LogP contribution is 1.98. The first kappa shape index (κ1) is 17.9. The van der Waals surface area contributed by atoms with Crippen molar-refractivity contribution in [2.75, 3.05) is 38.4 Å². The molecule has 9 heteroatoms. The Balaban J connectivity index is 3.33. The number of nitrogens with one attached hydrogen (secondary N) is 1. The van der Waals surface area contributed by atoms with E-state index in [0.717, 1.165) is 5.75 Å². The number of carbonyl (C=O) groups is 1. The first-order valence-electron chi connectivity index (χ1n) is 5.95. The molecule has 112 valence electrons. The van der Waals surface area contributed by atoms with Gasteiger partial charge in [0, 0.05) is 13.2 Å². The van der Waals surface area contributed by atoms with Gasteiger partial charge in [-0.3, -0.25) is 4.79 Å². The van der Waals surface area contributed by atoms with Crippen molar-refractivity contribution in [2.24, 2.45) is 5.73 Å². The highest BCUT2D eigenvalue weighted by molar-refractivity contribution is 7.98. The van der Waals surface area contributed by atoms with Crippen LogP contribution in [-0.4, -0.2) is 55.4 Å². The fourth-order valence-electron chi connectivity index (χ4n) is 1.16.